The Morgan fingerprint density at radius 1 is 0.933 bits per heavy atom. The number of nitrogens with zero attached hydrogens (tertiary/aromatic N) is 2. The Bertz CT molecular complexity index is 1550. The lowest BCUT2D eigenvalue weighted by molar-refractivity contribution is -0.136. The van der Waals surface area contributed by atoms with Gasteiger partial charge in [0.2, 0.25) is 11.8 Å². The lowest BCUT2D eigenvalue weighted by Gasteiger charge is -2.42. The summed E-state index contributed by atoms with van der Waals surface area (Å²) in [5, 5.41) is 10.6. The molecule has 9 heteroatoms. The second-order valence-electron chi connectivity index (χ2n) is 13.7. The van der Waals surface area contributed by atoms with Crippen molar-refractivity contribution >= 4 is 28.7 Å². The highest BCUT2D eigenvalue weighted by Crippen LogP contribution is 2.52. The van der Waals surface area contributed by atoms with Crippen molar-refractivity contribution in [1.29, 1.82) is 0 Å². The number of aromatic amines is 1. The number of H-pyrrole nitrogens is 1. The lowest BCUT2D eigenvalue weighted by Crippen LogP contribution is -2.57. The summed E-state index contributed by atoms with van der Waals surface area (Å²) in [6.07, 6.45) is 8.53. The second kappa shape index (κ2) is 12.5. The first kappa shape index (κ1) is 29.8. The summed E-state index contributed by atoms with van der Waals surface area (Å²) in [5.41, 5.74) is 4.39. The molecule has 4 heterocycles. The van der Waals surface area contributed by atoms with Crippen LogP contribution in [0.3, 0.4) is 0 Å². The molecule has 4 atom stereocenters. The number of para-hydroxylation sites is 1. The summed E-state index contributed by atoms with van der Waals surface area (Å²) in [4.78, 5) is 48.7. The van der Waals surface area contributed by atoms with Crippen LogP contribution in [0.2, 0.25) is 0 Å². The molecule has 4 amide bonds. The average Bonchev–Trinajstić information content (AvgIpc) is 3.83. The monoisotopic (exact) mass is 610 g/mol. The fourth-order valence-corrected chi connectivity index (χ4v) is 8.49. The van der Waals surface area contributed by atoms with E-state index in [1.165, 1.54) is 11.1 Å². The van der Waals surface area contributed by atoms with E-state index in [4.69, 9.17) is 0 Å². The van der Waals surface area contributed by atoms with Crippen LogP contribution in [-0.2, 0) is 15.0 Å². The van der Waals surface area contributed by atoms with Gasteiger partial charge in [-0.15, -0.1) is 0 Å². The Morgan fingerprint density at radius 3 is 2.47 bits per heavy atom. The van der Waals surface area contributed by atoms with E-state index in [0.717, 1.165) is 87.6 Å². The quantitative estimate of drug-likeness (QED) is 0.333. The number of aromatic nitrogens is 1. The van der Waals surface area contributed by atoms with E-state index in [1.807, 2.05) is 36.2 Å². The Morgan fingerprint density at radius 2 is 1.69 bits per heavy atom. The molecular formula is C36H46N6O3. The van der Waals surface area contributed by atoms with Crippen LogP contribution in [0.25, 0.3) is 10.9 Å². The molecule has 3 aromatic rings. The smallest absolute Gasteiger partial charge is 0.315 e. The molecule has 1 aliphatic carbocycles. The number of nitrogens with one attached hydrogen (secondary N) is 4. The van der Waals surface area contributed by atoms with Gasteiger partial charge in [-0.1, -0.05) is 49.4 Å². The fourth-order valence-electron chi connectivity index (χ4n) is 8.49. The standard InChI is InChI=1S/C36H46N6O3/c1-24(29-23-38-31-13-5-3-11-27(29)31)32(40-35(45)39-25-9-8-16-37-22-25)34(44)42-19-14-36(15-20-42)21-28(26-10-2-4-12-30(26)36)33(43)41-17-6-7-18-41/h2-5,10-13,23-25,28,32,37-38H,6-9,14-22H2,1H3,(H2,39,40,45)/t24-,25?,28-,32?/m1/s1. The van der Waals surface area contributed by atoms with Crippen LogP contribution in [0.15, 0.2) is 54.7 Å². The molecule has 2 unspecified atom stereocenters. The molecule has 4 aliphatic rings. The number of fused-ring (bicyclic) bond motifs is 3. The second-order valence-corrected chi connectivity index (χ2v) is 13.7. The Balaban J connectivity index is 1.10. The van der Waals surface area contributed by atoms with Crippen LogP contribution in [-0.4, -0.2) is 84.0 Å². The maximum absolute atomic E-state index is 14.4. The molecule has 3 fully saturated rings. The highest BCUT2D eigenvalue weighted by atomic mass is 16.2. The number of urea groups is 1. The van der Waals surface area contributed by atoms with Gasteiger partial charge in [0.05, 0.1) is 5.92 Å². The normalized spacial score (nSPS) is 23.9. The van der Waals surface area contributed by atoms with Crippen molar-refractivity contribution < 1.29 is 14.4 Å². The van der Waals surface area contributed by atoms with Gasteiger partial charge in [0, 0.05) is 67.2 Å². The number of piperidine rings is 2. The molecule has 2 aromatic carbocycles. The van der Waals surface area contributed by atoms with E-state index in [2.05, 4.69) is 56.2 Å². The topological polar surface area (TPSA) is 110 Å². The van der Waals surface area contributed by atoms with Crippen LogP contribution >= 0.6 is 0 Å². The molecule has 3 aliphatic heterocycles. The lowest BCUT2D eigenvalue weighted by atomic mass is 9.73. The van der Waals surface area contributed by atoms with Gasteiger partial charge in [-0.3, -0.25) is 9.59 Å². The number of carbonyl (C=O) groups excluding carboxylic acids is 3. The number of carbonyl (C=O) groups is 3. The molecule has 0 radical (unpaired) electrons. The minimum absolute atomic E-state index is 0.0458. The third kappa shape index (κ3) is 5.71. The highest BCUT2D eigenvalue weighted by Gasteiger charge is 2.49. The molecule has 1 spiro atoms. The van der Waals surface area contributed by atoms with Crippen molar-refractivity contribution in [3.63, 3.8) is 0 Å². The number of benzene rings is 2. The van der Waals surface area contributed by atoms with Gasteiger partial charge in [-0.05, 0) is 74.2 Å². The van der Waals surface area contributed by atoms with Gasteiger partial charge in [0.15, 0.2) is 0 Å². The van der Waals surface area contributed by atoms with Crippen molar-refractivity contribution in [3.05, 3.63) is 71.4 Å². The summed E-state index contributed by atoms with van der Waals surface area (Å²) in [6.45, 7) is 6.66. The van der Waals surface area contributed by atoms with Crippen molar-refractivity contribution in [3.8, 4) is 0 Å². The zero-order valence-corrected chi connectivity index (χ0v) is 26.3. The van der Waals surface area contributed by atoms with E-state index < -0.39 is 6.04 Å². The molecule has 238 valence electrons. The maximum atomic E-state index is 14.4. The van der Waals surface area contributed by atoms with Crippen LogP contribution in [0.4, 0.5) is 4.79 Å². The fraction of sp³-hybridized carbons (Fsp3) is 0.528. The minimum atomic E-state index is -0.713. The largest absolute Gasteiger partial charge is 0.361 e. The average molecular weight is 611 g/mol. The first-order chi connectivity index (χ1) is 21.9. The van der Waals surface area contributed by atoms with Gasteiger partial charge in [0.1, 0.15) is 6.04 Å². The summed E-state index contributed by atoms with van der Waals surface area (Å²) in [6, 6.07) is 15.6. The number of hydrogen-bond donors (Lipinski definition) is 4. The van der Waals surface area contributed by atoms with Crippen LogP contribution in [0.1, 0.15) is 80.4 Å². The van der Waals surface area contributed by atoms with Gasteiger partial charge >= 0.3 is 6.03 Å². The van der Waals surface area contributed by atoms with Gasteiger partial charge in [0.25, 0.3) is 0 Å². The molecule has 4 N–H and O–H groups in total. The van der Waals surface area contributed by atoms with Crippen LogP contribution < -0.4 is 16.0 Å². The minimum Gasteiger partial charge on any atom is -0.361 e. The van der Waals surface area contributed by atoms with E-state index >= 15 is 0 Å². The number of amides is 4. The molecule has 9 nitrogen and oxygen atoms in total. The van der Waals surface area contributed by atoms with Crippen molar-refractivity contribution in [2.45, 2.75) is 81.2 Å². The number of likely N-dealkylation sites (tertiary alicyclic amines) is 2. The third-order valence-electron chi connectivity index (χ3n) is 11.0. The molecule has 1 aromatic heterocycles. The summed E-state index contributed by atoms with van der Waals surface area (Å²) >= 11 is 0. The summed E-state index contributed by atoms with van der Waals surface area (Å²) < 4.78 is 0. The number of rotatable bonds is 6. The Kier molecular flexibility index (Phi) is 8.29. The molecule has 45 heavy (non-hydrogen) atoms. The van der Waals surface area contributed by atoms with Crippen LogP contribution in [0, 0.1) is 0 Å². The predicted octanol–water partition coefficient (Wildman–Crippen LogP) is 4.36. The third-order valence-corrected chi connectivity index (χ3v) is 11.0. The molecule has 0 saturated carbocycles. The van der Waals surface area contributed by atoms with E-state index in [-0.39, 0.29) is 41.1 Å². The predicted molar refractivity (Wildman–Crippen MR) is 175 cm³/mol. The van der Waals surface area contributed by atoms with E-state index in [0.29, 0.717) is 13.1 Å². The first-order valence-electron chi connectivity index (χ1n) is 16.9. The van der Waals surface area contributed by atoms with Crippen LogP contribution in [0.5, 0.6) is 0 Å². The van der Waals surface area contributed by atoms with Crippen molar-refractivity contribution in [2.24, 2.45) is 0 Å². The Labute approximate surface area is 265 Å². The molecular weight excluding hydrogens is 564 g/mol. The van der Waals surface area contributed by atoms with Crippen molar-refractivity contribution in [2.75, 3.05) is 39.3 Å². The summed E-state index contributed by atoms with van der Waals surface area (Å²) in [5.74, 6) is -0.118. The van der Waals surface area contributed by atoms with Crippen molar-refractivity contribution in [1.82, 2.24) is 30.7 Å². The van der Waals surface area contributed by atoms with E-state index in [9.17, 15) is 14.4 Å². The zero-order chi connectivity index (χ0) is 31.0. The van der Waals surface area contributed by atoms with Gasteiger partial charge < -0.3 is 30.7 Å². The molecule has 3 saturated heterocycles. The Hall–Kier alpha value is -3.85. The maximum Gasteiger partial charge on any atom is 0.315 e. The zero-order valence-electron chi connectivity index (χ0n) is 26.3. The number of hydrogen-bond acceptors (Lipinski definition) is 4. The van der Waals surface area contributed by atoms with Gasteiger partial charge in [-0.25, -0.2) is 4.79 Å². The highest BCUT2D eigenvalue weighted by molar-refractivity contribution is 5.91. The molecule has 0 bridgehead atoms. The first-order valence-corrected chi connectivity index (χ1v) is 16.9. The molecule has 7 rings (SSSR count). The van der Waals surface area contributed by atoms with E-state index in [1.54, 1.807) is 0 Å². The SMILES string of the molecule is C[C@H](c1c[nH]c2ccccc12)C(NC(=O)NC1CCCNC1)C(=O)N1CCC2(CC1)C[C@@H](C(=O)N1CCCC1)c1ccccc12. The summed E-state index contributed by atoms with van der Waals surface area (Å²) in [7, 11) is 0. The van der Waals surface area contributed by atoms with Gasteiger partial charge in [-0.2, -0.15) is 0 Å².